The van der Waals surface area contributed by atoms with Crippen molar-refractivity contribution in [3.8, 4) is 6.07 Å². The number of nitriles is 1. The highest BCUT2D eigenvalue weighted by molar-refractivity contribution is 9.09. The molecule has 96 valence electrons. The van der Waals surface area contributed by atoms with Gasteiger partial charge in [-0.15, -0.1) is 0 Å². The van der Waals surface area contributed by atoms with Crippen molar-refractivity contribution < 1.29 is 4.79 Å². The summed E-state index contributed by atoms with van der Waals surface area (Å²) in [6, 6.07) is 5.13. The number of hydrogen-bond donors (Lipinski definition) is 1. The molecular formula is C13H16BrN3O. The zero-order chi connectivity index (χ0) is 13.6. The predicted octanol–water partition coefficient (Wildman–Crippen LogP) is 2.64. The number of carbonyl (C=O) groups is 1. The van der Waals surface area contributed by atoms with E-state index in [0.29, 0.717) is 16.6 Å². The van der Waals surface area contributed by atoms with Crippen LogP contribution >= 0.6 is 15.9 Å². The van der Waals surface area contributed by atoms with Crippen LogP contribution < -0.4 is 5.32 Å². The summed E-state index contributed by atoms with van der Waals surface area (Å²) in [5.41, 5.74) is 0.539. The number of alkyl halides is 1. The van der Waals surface area contributed by atoms with Crippen LogP contribution in [0.2, 0.25) is 0 Å². The number of nitrogens with zero attached hydrogens (tertiary/aromatic N) is 2. The molecule has 1 aromatic rings. The number of carbonyl (C=O) groups excluding carboxylic acids is 1. The maximum absolute atomic E-state index is 12.1. The number of halogens is 1. The Kier molecular flexibility index (Phi) is 5.29. The molecule has 18 heavy (non-hydrogen) atoms. The number of rotatable bonds is 5. The monoisotopic (exact) mass is 309 g/mol. The fourth-order valence-electron chi connectivity index (χ4n) is 1.55. The van der Waals surface area contributed by atoms with Gasteiger partial charge < -0.3 is 5.32 Å². The van der Waals surface area contributed by atoms with E-state index in [1.165, 1.54) is 6.20 Å². The smallest absolute Gasteiger partial charge is 0.270 e. The van der Waals surface area contributed by atoms with E-state index in [1.807, 2.05) is 19.9 Å². The summed E-state index contributed by atoms with van der Waals surface area (Å²) >= 11 is 3.44. The fourth-order valence-corrected chi connectivity index (χ4v) is 2.48. The Hall–Kier alpha value is -1.41. The van der Waals surface area contributed by atoms with E-state index < -0.39 is 0 Å². The summed E-state index contributed by atoms with van der Waals surface area (Å²) in [5, 5.41) is 12.4. The van der Waals surface area contributed by atoms with E-state index >= 15 is 0 Å². The number of hydrogen-bond acceptors (Lipinski definition) is 3. The highest BCUT2D eigenvalue weighted by atomic mass is 79.9. The van der Waals surface area contributed by atoms with E-state index in [0.717, 1.165) is 12.8 Å². The number of amides is 1. The number of nitrogens with one attached hydrogen (secondary N) is 1. The third kappa shape index (κ3) is 3.30. The van der Waals surface area contributed by atoms with Gasteiger partial charge in [-0.05, 0) is 25.0 Å². The molecule has 1 N–H and O–H groups in total. The van der Waals surface area contributed by atoms with Crippen molar-refractivity contribution in [1.82, 2.24) is 10.3 Å². The van der Waals surface area contributed by atoms with Crippen LogP contribution in [0.5, 0.6) is 0 Å². The first kappa shape index (κ1) is 14.7. The SMILES string of the molecule is CCC(CC)(CBr)NC(=O)c1ccc(C#N)cn1. The van der Waals surface area contributed by atoms with Gasteiger partial charge in [0.15, 0.2) is 0 Å². The first-order valence-electron chi connectivity index (χ1n) is 5.85. The average molecular weight is 310 g/mol. The summed E-state index contributed by atoms with van der Waals surface area (Å²) < 4.78 is 0. The van der Waals surface area contributed by atoms with Crippen LogP contribution in [-0.2, 0) is 0 Å². The summed E-state index contributed by atoms with van der Waals surface area (Å²) in [4.78, 5) is 16.0. The zero-order valence-electron chi connectivity index (χ0n) is 10.5. The van der Waals surface area contributed by atoms with E-state index in [1.54, 1.807) is 12.1 Å². The van der Waals surface area contributed by atoms with Crippen LogP contribution in [0.15, 0.2) is 18.3 Å². The molecule has 0 fully saturated rings. The standard InChI is InChI=1S/C13H16BrN3O/c1-3-13(4-2,9-14)17-12(18)11-6-5-10(7-15)8-16-11/h5-6,8H,3-4,9H2,1-2H3,(H,17,18). The molecule has 4 nitrogen and oxygen atoms in total. The fraction of sp³-hybridized carbons (Fsp3) is 0.462. The van der Waals surface area contributed by atoms with Gasteiger partial charge in [-0.3, -0.25) is 4.79 Å². The molecule has 0 radical (unpaired) electrons. The number of aromatic nitrogens is 1. The maximum Gasteiger partial charge on any atom is 0.270 e. The highest BCUT2D eigenvalue weighted by Crippen LogP contribution is 2.18. The minimum atomic E-state index is -0.243. The van der Waals surface area contributed by atoms with E-state index in [2.05, 4.69) is 26.2 Å². The van der Waals surface area contributed by atoms with Crippen LogP contribution in [-0.4, -0.2) is 21.8 Å². The summed E-state index contributed by atoms with van der Waals surface area (Å²) in [5.74, 6) is -0.206. The third-order valence-electron chi connectivity index (χ3n) is 3.11. The molecule has 0 bridgehead atoms. The molecule has 1 aromatic heterocycles. The lowest BCUT2D eigenvalue weighted by molar-refractivity contribution is 0.0898. The molecule has 0 saturated carbocycles. The Bertz CT molecular complexity index is 438. The highest BCUT2D eigenvalue weighted by Gasteiger charge is 2.27. The Morgan fingerprint density at radius 3 is 2.56 bits per heavy atom. The molecule has 0 aliphatic rings. The summed E-state index contributed by atoms with van der Waals surface area (Å²) in [7, 11) is 0. The van der Waals surface area contributed by atoms with Crippen LogP contribution in [0.25, 0.3) is 0 Å². The van der Waals surface area contributed by atoms with Crippen LogP contribution in [0.1, 0.15) is 42.7 Å². The molecule has 0 atom stereocenters. The predicted molar refractivity (Wildman–Crippen MR) is 73.5 cm³/mol. The van der Waals surface area contributed by atoms with Gasteiger partial charge >= 0.3 is 0 Å². The van der Waals surface area contributed by atoms with Crippen molar-refractivity contribution in [1.29, 1.82) is 5.26 Å². The minimum Gasteiger partial charge on any atom is -0.344 e. The topological polar surface area (TPSA) is 65.8 Å². The molecule has 1 amide bonds. The normalized spacial score (nSPS) is 10.8. The van der Waals surface area contributed by atoms with E-state index in [9.17, 15) is 4.79 Å². The van der Waals surface area contributed by atoms with Crippen molar-refractivity contribution in [2.75, 3.05) is 5.33 Å². The molecule has 0 aliphatic heterocycles. The van der Waals surface area contributed by atoms with E-state index in [-0.39, 0.29) is 11.4 Å². The molecule has 1 heterocycles. The second-order valence-electron chi connectivity index (χ2n) is 4.12. The summed E-state index contributed by atoms with van der Waals surface area (Å²) in [6.07, 6.45) is 3.09. The van der Waals surface area contributed by atoms with Gasteiger partial charge in [0.25, 0.3) is 5.91 Å². The Morgan fingerprint density at radius 2 is 2.17 bits per heavy atom. The summed E-state index contributed by atoms with van der Waals surface area (Å²) in [6.45, 7) is 4.08. The van der Waals surface area contributed by atoms with Crippen molar-refractivity contribution in [3.63, 3.8) is 0 Å². The average Bonchev–Trinajstić information content (AvgIpc) is 2.45. The zero-order valence-corrected chi connectivity index (χ0v) is 12.1. The van der Waals surface area contributed by atoms with Gasteiger partial charge in [0, 0.05) is 17.1 Å². The van der Waals surface area contributed by atoms with Gasteiger partial charge in [0.2, 0.25) is 0 Å². The molecule has 0 spiro atoms. The van der Waals surface area contributed by atoms with Crippen molar-refractivity contribution in [3.05, 3.63) is 29.6 Å². The van der Waals surface area contributed by atoms with Crippen LogP contribution in [0, 0.1) is 11.3 Å². The maximum atomic E-state index is 12.1. The largest absolute Gasteiger partial charge is 0.344 e. The Labute approximate surface area is 116 Å². The van der Waals surface area contributed by atoms with Crippen molar-refractivity contribution in [2.45, 2.75) is 32.2 Å². The molecule has 0 aliphatic carbocycles. The Morgan fingerprint density at radius 1 is 1.50 bits per heavy atom. The molecular weight excluding hydrogens is 294 g/mol. The lowest BCUT2D eigenvalue weighted by Crippen LogP contribution is -2.49. The van der Waals surface area contributed by atoms with Crippen molar-refractivity contribution in [2.24, 2.45) is 0 Å². The second-order valence-corrected chi connectivity index (χ2v) is 4.68. The number of pyridine rings is 1. The Balaban J connectivity index is 2.84. The van der Waals surface area contributed by atoms with Gasteiger partial charge in [-0.2, -0.15) is 5.26 Å². The van der Waals surface area contributed by atoms with Crippen LogP contribution in [0.3, 0.4) is 0 Å². The minimum absolute atomic E-state index is 0.206. The van der Waals surface area contributed by atoms with Crippen molar-refractivity contribution >= 4 is 21.8 Å². The van der Waals surface area contributed by atoms with Crippen LogP contribution in [0.4, 0.5) is 0 Å². The quantitative estimate of drug-likeness (QED) is 0.850. The van der Waals surface area contributed by atoms with Gasteiger partial charge in [0.1, 0.15) is 11.8 Å². The van der Waals surface area contributed by atoms with Gasteiger partial charge in [0.05, 0.1) is 5.56 Å². The van der Waals surface area contributed by atoms with E-state index in [4.69, 9.17) is 5.26 Å². The second kappa shape index (κ2) is 6.50. The molecule has 0 saturated heterocycles. The first-order chi connectivity index (χ1) is 8.60. The lowest BCUT2D eigenvalue weighted by Gasteiger charge is -2.30. The molecule has 0 unspecified atom stereocenters. The third-order valence-corrected chi connectivity index (χ3v) is 4.19. The molecule has 0 aromatic carbocycles. The first-order valence-corrected chi connectivity index (χ1v) is 6.97. The van der Waals surface area contributed by atoms with Gasteiger partial charge in [-0.1, -0.05) is 29.8 Å². The van der Waals surface area contributed by atoms with Gasteiger partial charge in [-0.25, -0.2) is 4.98 Å². The molecule has 1 rings (SSSR count). The lowest BCUT2D eigenvalue weighted by atomic mass is 9.95. The molecule has 5 heteroatoms.